The van der Waals surface area contributed by atoms with Crippen LogP contribution in [0.3, 0.4) is 0 Å². The summed E-state index contributed by atoms with van der Waals surface area (Å²) in [4.78, 5) is 12.1. The van der Waals surface area contributed by atoms with Crippen LogP contribution in [0.2, 0.25) is 0 Å². The second-order valence-electron chi connectivity index (χ2n) is 5.47. The number of rotatable bonds is 7. The van der Waals surface area contributed by atoms with Crippen LogP contribution in [0.25, 0.3) is 0 Å². The van der Waals surface area contributed by atoms with Crippen molar-refractivity contribution in [3.05, 3.63) is 47.5 Å². The molecule has 2 aromatic rings. The fourth-order valence-corrected chi connectivity index (χ4v) is 2.38. The zero-order valence-corrected chi connectivity index (χ0v) is 14.6. The lowest BCUT2D eigenvalue weighted by atomic mass is 10.1. The van der Waals surface area contributed by atoms with Gasteiger partial charge in [-0.1, -0.05) is 19.1 Å². The van der Waals surface area contributed by atoms with E-state index in [0.29, 0.717) is 11.5 Å². The van der Waals surface area contributed by atoms with E-state index in [1.807, 2.05) is 43.3 Å². The molecule has 0 aromatic heterocycles. The van der Waals surface area contributed by atoms with Crippen LogP contribution in [0.4, 0.5) is 11.4 Å². The molecule has 2 rings (SSSR count). The predicted octanol–water partition coefficient (Wildman–Crippen LogP) is 3.63. The quantitative estimate of drug-likeness (QED) is 0.815. The van der Waals surface area contributed by atoms with Crippen molar-refractivity contribution in [3.63, 3.8) is 0 Å². The third-order valence-electron chi connectivity index (χ3n) is 3.82. The molecule has 128 valence electrons. The Morgan fingerprint density at radius 2 is 1.67 bits per heavy atom. The van der Waals surface area contributed by atoms with Gasteiger partial charge < -0.3 is 20.1 Å². The molecule has 0 aliphatic rings. The summed E-state index contributed by atoms with van der Waals surface area (Å²) in [5, 5.41) is 6.01. The summed E-state index contributed by atoms with van der Waals surface area (Å²) < 4.78 is 10.6. The molecule has 0 saturated carbocycles. The van der Waals surface area contributed by atoms with E-state index in [9.17, 15) is 4.79 Å². The van der Waals surface area contributed by atoms with Gasteiger partial charge in [-0.3, -0.25) is 4.79 Å². The molecule has 0 radical (unpaired) electrons. The van der Waals surface area contributed by atoms with E-state index in [4.69, 9.17) is 9.47 Å². The maximum atomic E-state index is 12.1. The standard InChI is InChI=1S/C19H24N2O3/c1-5-14-6-8-15(9-7-14)21-19(22)12-20-16-11-18(24-4)17(23-3)10-13(16)2/h6-11,20H,5,12H2,1-4H3,(H,21,22). The molecule has 0 bridgehead atoms. The smallest absolute Gasteiger partial charge is 0.243 e. The number of nitrogens with one attached hydrogen (secondary N) is 2. The number of benzene rings is 2. The Morgan fingerprint density at radius 3 is 2.25 bits per heavy atom. The van der Waals surface area contributed by atoms with Crippen molar-refractivity contribution in [2.24, 2.45) is 0 Å². The first-order valence-electron chi connectivity index (χ1n) is 7.92. The molecule has 2 aromatic carbocycles. The maximum absolute atomic E-state index is 12.1. The number of ether oxygens (including phenoxy) is 2. The van der Waals surface area contributed by atoms with E-state index in [1.54, 1.807) is 14.2 Å². The molecule has 2 N–H and O–H groups in total. The minimum absolute atomic E-state index is 0.103. The van der Waals surface area contributed by atoms with E-state index >= 15 is 0 Å². The largest absolute Gasteiger partial charge is 0.493 e. The molecule has 0 aliphatic carbocycles. The van der Waals surface area contributed by atoms with Crippen molar-refractivity contribution in [2.75, 3.05) is 31.4 Å². The average molecular weight is 328 g/mol. The number of carbonyl (C=O) groups excluding carboxylic acids is 1. The Balaban J connectivity index is 1.98. The number of hydrogen-bond acceptors (Lipinski definition) is 4. The van der Waals surface area contributed by atoms with E-state index in [0.717, 1.165) is 23.4 Å². The topological polar surface area (TPSA) is 59.6 Å². The molecule has 5 heteroatoms. The normalized spacial score (nSPS) is 10.2. The van der Waals surface area contributed by atoms with E-state index < -0.39 is 0 Å². The summed E-state index contributed by atoms with van der Waals surface area (Å²) in [7, 11) is 3.19. The summed E-state index contributed by atoms with van der Waals surface area (Å²) >= 11 is 0. The van der Waals surface area contributed by atoms with Crippen LogP contribution in [0.15, 0.2) is 36.4 Å². The van der Waals surface area contributed by atoms with Gasteiger partial charge >= 0.3 is 0 Å². The summed E-state index contributed by atoms with van der Waals surface area (Å²) in [6, 6.07) is 11.6. The summed E-state index contributed by atoms with van der Waals surface area (Å²) in [6.07, 6.45) is 0.981. The fraction of sp³-hybridized carbons (Fsp3) is 0.316. The summed E-state index contributed by atoms with van der Waals surface area (Å²) in [5.41, 5.74) is 3.85. The number of methoxy groups -OCH3 is 2. The molecule has 24 heavy (non-hydrogen) atoms. The highest BCUT2D eigenvalue weighted by Gasteiger charge is 2.10. The highest BCUT2D eigenvalue weighted by Crippen LogP contribution is 2.32. The van der Waals surface area contributed by atoms with E-state index in [-0.39, 0.29) is 12.5 Å². The highest BCUT2D eigenvalue weighted by atomic mass is 16.5. The molecule has 0 fully saturated rings. The lowest BCUT2D eigenvalue weighted by Gasteiger charge is -2.14. The van der Waals surface area contributed by atoms with Crippen molar-refractivity contribution in [1.82, 2.24) is 0 Å². The SMILES string of the molecule is CCc1ccc(NC(=O)CNc2cc(OC)c(OC)cc2C)cc1. The van der Waals surface area contributed by atoms with E-state index in [2.05, 4.69) is 17.6 Å². The van der Waals surface area contributed by atoms with Crippen molar-refractivity contribution >= 4 is 17.3 Å². The molecule has 0 spiro atoms. The summed E-state index contributed by atoms with van der Waals surface area (Å²) in [6.45, 7) is 4.22. The van der Waals surface area contributed by atoms with Gasteiger partial charge in [-0.2, -0.15) is 0 Å². The molecule has 0 unspecified atom stereocenters. The lowest BCUT2D eigenvalue weighted by Crippen LogP contribution is -2.22. The number of aryl methyl sites for hydroxylation is 2. The number of carbonyl (C=O) groups is 1. The van der Waals surface area contributed by atoms with Crippen LogP contribution >= 0.6 is 0 Å². The minimum Gasteiger partial charge on any atom is -0.493 e. The molecule has 5 nitrogen and oxygen atoms in total. The summed E-state index contributed by atoms with van der Waals surface area (Å²) in [5.74, 6) is 1.19. The molecule has 1 amide bonds. The number of anilines is 2. The molecule has 0 atom stereocenters. The third kappa shape index (κ3) is 4.41. The van der Waals surface area contributed by atoms with Crippen LogP contribution in [0.1, 0.15) is 18.1 Å². The predicted molar refractivity (Wildman–Crippen MR) is 97.2 cm³/mol. The minimum atomic E-state index is -0.103. The zero-order chi connectivity index (χ0) is 17.5. The average Bonchev–Trinajstić information content (AvgIpc) is 2.61. The van der Waals surface area contributed by atoms with Gasteiger partial charge in [-0.05, 0) is 42.7 Å². The van der Waals surface area contributed by atoms with Gasteiger partial charge in [0.15, 0.2) is 11.5 Å². The number of amides is 1. The first-order chi connectivity index (χ1) is 11.6. The van der Waals surface area contributed by atoms with Gasteiger partial charge in [-0.15, -0.1) is 0 Å². The van der Waals surface area contributed by atoms with Crippen molar-refractivity contribution in [3.8, 4) is 11.5 Å². The first kappa shape index (κ1) is 17.7. The van der Waals surface area contributed by atoms with Crippen molar-refractivity contribution in [2.45, 2.75) is 20.3 Å². The Kier molecular flexibility index (Phi) is 6.07. The van der Waals surface area contributed by atoms with Gasteiger partial charge in [-0.25, -0.2) is 0 Å². The van der Waals surface area contributed by atoms with Crippen LogP contribution in [-0.4, -0.2) is 26.7 Å². The van der Waals surface area contributed by atoms with Crippen LogP contribution in [-0.2, 0) is 11.2 Å². The second-order valence-corrected chi connectivity index (χ2v) is 5.47. The first-order valence-corrected chi connectivity index (χ1v) is 7.92. The third-order valence-corrected chi connectivity index (χ3v) is 3.82. The van der Waals surface area contributed by atoms with E-state index in [1.165, 1.54) is 5.56 Å². The zero-order valence-electron chi connectivity index (χ0n) is 14.6. The monoisotopic (exact) mass is 328 g/mol. The Morgan fingerprint density at radius 1 is 1.04 bits per heavy atom. The molecule has 0 heterocycles. The van der Waals surface area contributed by atoms with Gasteiger partial charge in [0.2, 0.25) is 5.91 Å². The van der Waals surface area contributed by atoms with Gasteiger partial charge in [0.05, 0.1) is 20.8 Å². The van der Waals surface area contributed by atoms with Gasteiger partial charge in [0.25, 0.3) is 0 Å². The fourth-order valence-electron chi connectivity index (χ4n) is 2.38. The Bertz CT molecular complexity index is 697. The Labute approximate surface area is 143 Å². The second kappa shape index (κ2) is 8.24. The highest BCUT2D eigenvalue weighted by molar-refractivity contribution is 5.93. The van der Waals surface area contributed by atoms with Crippen LogP contribution < -0.4 is 20.1 Å². The lowest BCUT2D eigenvalue weighted by molar-refractivity contribution is -0.114. The van der Waals surface area contributed by atoms with Crippen molar-refractivity contribution < 1.29 is 14.3 Å². The van der Waals surface area contributed by atoms with Gasteiger partial charge in [0.1, 0.15) is 0 Å². The van der Waals surface area contributed by atoms with Crippen molar-refractivity contribution in [1.29, 1.82) is 0 Å². The number of hydrogen-bond donors (Lipinski definition) is 2. The molecular formula is C19H24N2O3. The van der Waals surface area contributed by atoms with Crippen LogP contribution in [0.5, 0.6) is 11.5 Å². The Hall–Kier alpha value is -2.69. The van der Waals surface area contributed by atoms with Crippen LogP contribution in [0, 0.1) is 6.92 Å². The van der Waals surface area contributed by atoms with Gasteiger partial charge in [0, 0.05) is 17.4 Å². The molecular weight excluding hydrogens is 304 g/mol. The maximum Gasteiger partial charge on any atom is 0.243 e. The molecule has 0 saturated heterocycles. The molecule has 0 aliphatic heterocycles.